The van der Waals surface area contributed by atoms with Gasteiger partial charge < -0.3 is 25.4 Å². The number of hydrogen-bond donors (Lipinski definition) is 3. The smallest absolute Gasteiger partial charge is 0.173 e. The van der Waals surface area contributed by atoms with Crippen LogP contribution in [0.1, 0.15) is 25.7 Å². The number of piperidine rings is 1. The number of aromatic nitrogens is 5. The molecule has 30 heavy (non-hydrogen) atoms. The number of fused-ring (bicyclic) bond motifs is 3. The lowest BCUT2D eigenvalue weighted by atomic mass is 10.0. The molecule has 2 bridgehead atoms. The summed E-state index contributed by atoms with van der Waals surface area (Å²) in [5.41, 5.74) is 7.03. The largest absolute Gasteiger partial charge is 0.489 e. The molecule has 0 spiro atoms. The Labute approximate surface area is 173 Å². The molecule has 3 aliphatic rings. The maximum absolute atomic E-state index is 6.60. The number of morpholine rings is 1. The molecule has 4 N–H and O–H groups in total. The Morgan fingerprint density at radius 1 is 1.17 bits per heavy atom. The highest BCUT2D eigenvalue weighted by atomic mass is 16.5. The summed E-state index contributed by atoms with van der Waals surface area (Å²) in [4.78, 5) is 7.15. The van der Waals surface area contributed by atoms with Gasteiger partial charge in [-0.15, -0.1) is 5.10 Å². The van der Waals surface area contributed by atoms with Crippen molar-refractivity contribution in [1.29, 1.82) is 0 Å². The third-order valence-corrected chi connectivity index (χ3v) is 6.39. The van der Waals surface area contributed by atoms with Crippen molar-refractivity contribution in [1.82, 2.24) is 30.3 Å². The highest BCUT2D eigenvalue weighted by Crippen LogP contribution is 2.37. The number of hydrogen-bond acceptors (Lipinski definition) is 8. The SMILES string of the molecule is Nc1nn(-c2ccn[nH]2)c2nc(N3CCOCC3)cc(OC3CC4CCC(C3)N4)c12. The summed E-state index contributed by atoms with van der Waals surface area (Å²) < 4.78 is 13.8. The number of rotatable bonds is 4. The lowest BCUT2D eigenvalue weighted by molar-refractivity contribution is 0.122. The van der Waals surface area contributed by atoms with Crippen LogP contribution in [0.15, 0.2) is 18.3 Å². The van der Waals surface area contributed by atoms with Crippen molar-refractivity contribution in [2.24, 2.45) is 0 Å². The first kappa shape index (κ1) is 18.0. The maximum Gasteiger partial charge on any atom is 0.173 e. The van der Waals surface area contributed by atoms with E-state index >= 15 is 0 Å². The summed E-state index contributed by atoms with van der Waals surface area (Å²) in [5.74, 6) is 2.75. The molecular weight excluding hydrogens is 384 g/mol. The molecule has 158 valence electrons. The first-order chi connectivity index (χ1) is 14.7. The van der Waals surface area contributed by atoms with E-state index in [0.29, 0.717) is 42.6 Å². The summed E-state index contributed by atoms with van der Waals surface area (Å²) in [5, 5.41) is 16.0. The second-order valence-corrected chi connectivity index (χ2v) is 8.36. The first-order valence-electron chi connectivity index (χ1n) is 10.7. The Morgan fingerprint density at radius 3 is 2.70 bits per heavy atom. The van der Waals surface area contributed by atoms with Gasteiger partial charge in [-0.25, -0.2) is 4.98 Å². The number of nitrogens with one attached hydrogen (secondary N) is 2. The third kappa shape index (κ3) is 3.07. The minimum Gasteiger partial charge on any atom is -0.489 e. The summed E-state index contributed by atoms with van der Waals surface area (Å²) in [6.45, 7) is 2.97. The maximum atomic E-state index is 6.60. The van der Waals surface area contributed by atoms with Crippen LogP contribution in [0.3, 0.4) is 0 Å². The molecule has 6 heterocycles. The van der Waals surface area contributed by atoms with Crippen molar-refractivity contribution in [3.05, 3.63) is 18.3 Å². The first-order valence-corrected chi connectivity index (χ1v) is 10.7. The number of nitrogens with two attached hydrogens (primary N) is 1. The van der Waals surface area contributed by atoms with Crippen molar-refractivity contribution < 1.29 is 9.47 Å². The molecule has 2 atom stereocenters. The molecule has 3 aliphatic heterocycles. The van der Waals surface area contributed by atoms with Crippen LogP contribution in [0.4, 0.5) is 11.6 Å². The predicted octanol–water partition coefficient (Wildman–Crippen LogP) is 1.22. The van der Waals surface area contributed by atoms with Crippen LogP contribution in [-0.2, 0) is 4.74 Å². The van der Waals surface area contributed by atoms with E-state index in [2.05, 4.69) is 25.5 Å². The van der Waals surface area contributed by atoms with E-state index in [9.17, 15) is 0 Å². The molecule has 0 radical (unpaired) electrons. The second kappa shape index (κ2) is 7.13. The molecule has 10 nitrogen and oxygen atoms in total. The van der Waals surface area contributed by atoms with Gasteiger partial charge in [0, 0.05) is 37.3 Å². The van der Waals surface area contributed by atoms with E-state index in [-0.39, 0.29) is 6.10 Å². The molecular formula is C20H26N8O2. The van der Waals surface area contributed by atoms with Crippen LogP contribution in [-0.4, -0.2) is 69.5 Å². The minimum absolute atomic E-state index is 0.168. The molecule has 0 saturated carbocycles. The van der Waals surface area contributed by atoms with E-state index in [0.717, 1.165) is 42.9 Å². The van der Waals surface area contributed by atoms with Gasteiger partial charge in [-0.2, -0.15) is 9.78 Å². The second-order valence-electron chi connectivity index (χ2n) is 8.36. The summed E-state index contributed by atoms with van der Waals surface area (Å²) >= 11 is 0. The zero-order valence-electron chi connectivity index (χ0n) is 16.8. The van der Waals surface area contributed by atoms with Gasteiger partial charge >= 0.3 is 0 Å². The lowest BCUT2D eigenvalue weighted by Crippen LogP contribution is -2.42. The van der Waals surface area contributed by atoms with Gasteiger partial charge in [-0.05, 0) is 25.7 Å². The zero-order chi connectivity index (χ0) is 20.1. The Hall–Kier alpha value is -2.85. The minimum atomic E-state index is 0.168. The van der Waals surface area contributed by atoms with Gasteiger partial charge in [0.1, 0.15) is 23.1 Å². The van der Waals surface area contributed by atoms with Crippen molar-refractivity contribution >= 4 is 22.7 Å². The highest BCUT2D eigenvalue weighted by Gasteiger charge is 2.35. The van der Waals surface area contributed by atoms with E-state index in [1.54, 1.807) is 10.9 Å². The molecule has 0 aliphatic carbocycles. The van der Waals surface area contributed by atoms with Gasteiger partial charge in [0.15, 0.2) is 17.3 Å². The Bertz CT molecular complexity index is 1030. The number of nitrogens with zero attached hydrogens (tertiary/aromatic N) is 5. The Balaban J connectivity index is 1.44. The van der Waals surface area contributed by atoms with Crippen molar-refractivity contribution in [3.63, 3.8) is 0 Å². The van der Waals surface area contributed by atoms with Crippen LogP contribution in [0, 0.1) is 0 Å². The van der Waals surface area contributed by atoms with Gasteiger partial charge in [0.05, 0.1) is 19.4 Å². The summed E-state index contributed by atoms with van der Waals surface area (Å²) in [6, 6.07) is 4.97. The number of nitrogen functional groups attached to an aromatic ring is 1. The quantitative estimate of drug-likeness (QED) is 0.588. The fourth-order valence-corrected chi connectivity index (χ4v) is 4.96. The molecule has 2 unspecified atom stereocenters. The lowest BCUT2D eigenvalue weighted by Gasteiger charge is -2.31. The van der Waals surface area contributed by atoms with E-state index in [4.69, 9.17) is 20.2 Å². The van der Waals surface area contributed by atoms with E-state index in [1.807, 2.05) is 12.1 Å². The summed E-state index contributed by atoms with van der Waals surface area (Å²) in [7, 11) is 0. The van der Waals surface area contributed by atoms with E-state index < -0.39 is 0 Å². The Kier molecular flexibility index (Phi) is 4.27. The van der Waals surface area contributed by atoms with Gasteiger partial charge in [0.25, 0.3) is 0 Å². The summed E-state index contributed by atoms with van der Waals surface area (Å²) in [6.07, 6.45) is 6.35. The van der Waals surface area contributed by atoms with Crippen LogP contribution >= 0.6 is 0 Å². The van der Waals surface area contributed by atoms with Gasteiger partial charge in [-0.3, -0.25) is 5.10 Å². The standard InChI is InChI=1S/C20H26N8O2/c21-19-18-15(30-14-9-12-1-2-13(10-14)23-12)11-17(27-5-7-29-8-6-27)24-20(18)28(26-19)16-3-4-22-25-16/h3-4,11-14,23H,1-2,5-10H2,(H2,21,26)(H,22,25). The molecule has 3 fully saturated rings. The molecule has 3 saturated heterocycles. The molecule has 6 rings (SSSR count). The average molecular weight is 410 g/mol. The van der Waals surface area contributed by atoms with Gasteiger partial charge in [0.2, 0.25) is 0 Å². The number of H-pyrrole nitrogens is 1. The van der Waals surface area contributed by atoms with Crippen LogP contribution in [0.25, 0.3) is 16.9 Å². The average Bonchev–Trinajstić information content (AvgIpc) is 3.48. The topological polar surface area (TPSA) is 119 Å². The van der Waals surface area contributed by atoms with Gasteiger partial charge in [-0.1, -0.05) is 0 Å². The number of ether oxygens (including phenoxy) is 2. The number of anilines is 2. The predicted molar refractivity (Wildman–Crippen MR) is 112 cm³/mol. The van der Waals surface area contributed by atoms with E-state index in [1.165, 1.54) is 12.8 Å². The fraction of sp³-hybridized carbons (Fsp3) is 0.550. The van der Waals surface area contributed by atoms with Crippen molar-refractivity contribution in [2.45, 2.75) is 43.9 Å². The third-order valence-electron chi connectivity index (χ3n) is 6.39. The Morgan fingerprint density at radius 2 is 1.97 bits per heavy atom. The normalized spacial score (nSPS) is 26.4. The molecule has 0 aromatic carbocycles. The van der Waals surface area contributed by atoms with Crippen LogP contribution in [0.2, 0.25) is 0 Å². The fourth-order valence-electron chi connectivity index (χ4n) is 4.96. The van der Waals surface area contributed by atoms with Crippen LogP contribution < -0.4 is 20.7 Å². The zero-order valence-corrected chi connectivity index (χ0v) is 16.8. The van der Waals surface area contributed by atoms with Crippen molar-refractivity contribution in [2.75, 3.05) is 36.9 Å². The highest BCUT2D eigenvalue weighted by molar-refractivity contribution is 5.94. The molecule has 0 amide bonds. The van der Waals surface area contributed by atoms with Crippen molar-refractivity contribution in [3.8, 4) is 11.6 Å². The monoisotopic (exact) mass is 410 g/mol. The number of pyridine rings is 1. The van der Waals surface area contributed by atoms with Crippen LogP contribution in [0.5, 0.6) is 5.75 Å². The number of aromatic amines is 1. The molecule has 3 aromatic rings. The molecule has 10 heteroatoms. The molecule has 3 aromatic heterocycles.